The maximum Gasteiger partial charge on any atom is 0.330 e. The molecule has 15 nitrogen and oxygen atoms in total. The van der Waals surface area contributed by atoms with E-state index in [2.05, 4.69) is 31.5 Å². The van der Waals surface area contributed by atoms with Crippen molar-refractivity contribution >= 4 is 47.5 Å². The molecule has 4 heterocycles. The zero-order chi connectivity index (χ0) is 26.9. The van der Waals surface area contributed by atoms with Crippen molar-refractivity contribution < 1.29 is 29.4 Å². The molecule has 4 aliphatic heterocycles. The minimum atomic E-state index is -1.13. The van der Waals surface area contributed by atoms with Crippen molar-refractivity contribution in [2.45, 2.75) is 85.3 Å². The molecule has 204 valence electrons. The molecule has 0 bridgehead atoms. The number of carbonyl (C=O) groups excluding carboxylic acids is 2. The lowest BCUT2D eigenvalue weighted by atomic mass is 10.0. The first kappa shape index (κ1) is 28.7. The van der Waals surface area contributed by atoms with E-state index >= 15 is 0 Å². The van der Waals surface area contributed by atoms with Gasteiger partial charge in [-0.1, -0.05) is 0 Å². The number of aliphatic carboxylic acids is 2. The monoisotopic (exact) mass is 556 g/mol. The summed E-state index contributed by atoms with van der Waals surface area (Å²) >= 11 is 3.52. The lowest BCUT2D eigenvalue weighted by molar-refractivity contribution is -0.140. The first-order valence-corrected chi connectivity index (χ1v) is 14.0. The molecule has 2 unspecified atom stereocenters. The van der Waals surface area contributed by atoms with E-state index in [9.17, 15) is 29.4 Å². The fourth-order valence-corrected chi connectivity index (χ4v) is 8.02. The Hall–Kier alpha value is -2.91. The third kappa shape index (κ3) is 7.79. The highest BCUT2D eigenvalue weighted by molar-refractivity contribution is 8.00. The summed E-state index contributed by atoms with van der Waals surface area (Å²) in [4.78, 5) is 47.7. The zero-order valence-corrected chi connectivity index (χ0v) is 21.5. The van der Waals surface area contributed by atoms with Crippen LogP contribution in [0.3, 0.4) is 0 Å². The molecule has 37 heavy (non-hydrogen) atoms. The van der Waals surface area contributed by atoms with Gasteiger partial charge in [-0.05, 0) is 38.5 Å². The minimum absolute atomic E-state index is 0.0560. The number of nitrogens with one attached hydrogen (secondary N) is 4. The summed E-state index contributed by atoms with van der Waals surface area (Å²) < 4.78 is 0. The van der Waals surface area contributed by atoms with E-state index < -0.39 is 24.0 Å². The Labute approximate surface area is 221 Å². The van der Waals surface area contributed by atoms with E-state index in [1.54, 1.807) is 23.5 Å². The number of hydrogen-bond donors (Lipinski definition) is 6. The highest BCUT2D eigenvalue weighted by atomic mass is 32.2. The largest absolute Gasteiger partial charge is 0.480 e. The van der Waals surface area contributed by atoms with Gasteiger partial charge >= 0.3 is 24.0 Å². The highest BCUT2D eigenvalue weighted by Crippen LogP contribution is 2.34. The van der Waals surface area contributed by atoms with Gasteiger partial charge in [-0.15, -0.1) is 0 Å². The van der Waals surface area contributed by atoms with Gasteiger partial charge in [0.1, 0.15) is 0 Å². The van der Waals surface area contributed by atoms with Crippen LogP contribution >= 0.6 is 23.5 Å². The number of rotatable bonds is 12. The number of hydrogen-bond acceptors (Lipinski definition) is 8. The molecular formula is C20H30N9O6S2-. The number of urea groups is 2. The van der Waals surface area contributed by atoms with Crippen LogP contribution in [0.1, 0.15) is 38.5 Å². The third-order valence-corrected chi connectivity index (χ3v) is 9.74. The van der Waals surface area contributed by atoms with E-state index in [1.807, 2.05) is 0 Å². The molecule has 0 aliphatic carbocycles. The number of carbonyl (C=O) groups is 4. The van der Waals surface area contributed by atoms with Gasteiger partial charge in [-0.3, -0.25) is 4.91 Å². The molecule has 8 atom stereocenters. The molecule has 0 saturated carbocycles. The highest BCUT2D eigenvalue weighted by Gasteiger charge is 2.43. The Morgan fingerprint density at radius 3 is 1.57 bits per heavy atom. The molecule has 4 saturated heterocycles. The lowest BCUT2D eigenvalue weighted by Crippen LogP contribution is -2.37. The number of fused-ring (bicyclic) bond motifs is 2. The summed E-state index contributed by atoms with van der Waals surface area (Å²) in [5.74, 6) is -0.586. The molecule has 6 N–H and O–H groups in total. The smallest absolute Gasteiger partial charge is 0.330 e. The van der Waals surface area contributed by atoms with Crippen molar-refractivity contribution in [3.63, 3.8) is 0 Å². The van der Waals surface area contributed by atoms with E-state index in [0.717, 1.165) is 24.3 Å². The van der Waals surface area contributed by atoms with Gasteiger partial charge in [0.25, 0.3) is 0 Å². The van der Waals surface area contributed by atoms with Crippen LogP contribution < -0.4 is 21.3 Å². The van der Waals surface area contributed by atoms with Gasteiger partial charge in [-0.25, -0.2) is 19.2 Å². The quantitative estimate of drug-likeness (QED) is 0.0895. The second-order valence-electron chi connectivity index (χ2n) is 9.13. The summed E-state index contributed by atoms with van der Waals surface area (Å²) in [5.41, 5.74) is 13.5. The molecule has 4 fully saturated rings. The summed E-state index contributed by atoms with van der Waals surface area (Å²) in [7, 11) is 0. The molecule has 4 aliphatic rings. The van der Waals surface area contributed by atoms with Crippen molar-refractivity contribution in [1.29, 1.82) is 0 Å². The van der Waals surface area contributed by atoms with Crippen molar-refractivity contribution in [3.05, 3.63) is 16.0 Å². The average molecular weight is 557 g/mol. The number of thioether (sulfide) groups is 2. The standard InChI is InChI=1S/C20H30N6O6S2.N3/c27-17(28)9(3-1-5-13-15-11(7-33-13)21-19(31)23-15)25-26-10(18(29)30)4-2-6-14-16-12(8-34-14)22-20(32)24-16;1-3-2/h9-16H,1-8H2,(H,27,28)(H,29,30)(H2,21,23,31)(H2,22,24,32);/q;-1/t9?,10?,11-,12-,13-,14-,15-,16-;/m0./s1. The van der Waals surface area contributed by atoms with Gasteiger partial charge in [0.2, 0.25) is 0 Å². The number of nitrogens with zero attached hydrogens (tertiary/aromatic N) is 5. The van der Waals surface area contributed by atoms with Crippen molar-refractivity contribution in [1.82, 2.24) is 21.3 Å². The van der Waals surface area contributed by atoms with Gasteiger partial charge in [0.15, 0.2) is 12.1 Å². The SMILES string of the molecule is O=C1N[C@H]2[C@H](CS[C@H]2CCCC(N=NC(CCC[C@@H]2SC[C@@H]3NC(=O)N[C@@H]32)C(=O)O)C(=O)O)N1.[N-]=[N+]=[N-]. The molecule has 4 amide bonds. The maximum atomic E-state index is 11.6. The predicted molar refractivity (Wildman–Crippen MR) is 136 cm³/mol. The molecular weight excluding hydrogens is 526 g/mol. The van der Waals surface area contributed by atoms with Gasteiger partial charge < -0.3 is 42.5 Å². The third-order valence-electron chi connectivity index (χ3n) is 6.72. The molecule has 0 radical (unpaired) electrons. The van der Waals surface area contributed by atoms with E-state index in [-0.39, 0.29) is 59.6 Å². The van der Waals surface area contributed by atoms with Crippen LogP contribution in [0.15, 0.2) is 10.2 Å². The fraction of sp³-hybridized carbons (Fsp3) is 0.800. The normalized spacial score (nSPS) is 31.0. The topological polar surface area (TPSA) is 240 Å². The molecule has 4 rings (SSSR count). The number of azo groups is 1. The fourth-order valence-electron chi connectivity index (χ4n) is 4.93. The van der Waals surface area contributed by atoms with Gasteiger partial charge in [0.05, 0.1) is 24.2 Å². The number of amides is 4. The second kappa shape index (κ2) is 13.6. The van der Waals surface area contributed by atoms with Gasteiger partial charge in [0, 0.05) is 22.0 Å². The number of carboxylic acid groups (broad SMARTS) is 2. The van der Waals surface area contributed by atoms with Crippen molar-refractivity contribution in [2.24, 2.45) is 10.2 Å². The Bertz CT molecular complexity index is 868. The van der Waals surface area contributed by atoms with Crippen LogP contribution in [-0.4, -0.2) is 92.5 Å². The van der Waals surface area contributed by atoms with Crippen LogP contribution in [0.25, 0.3) is 16.0 Å². The Balaban J connectivity index is 0.00000121. The summed E-state index contributed by atoms with van der Waals surface area (Å²) in [6.45, 7) is 0. The molecule has 0 spiro atoms. The van der Waals surface area contributed by atoms with Crippen molar-refractivity contribution in [2.75, 3.05) is 11.5 Å². The average Bonchev–Trinajstić information content (AvgIpc) is 3.57. The first-order valence-electron chi connectivity index (χ1n) is 11.9. The zero-order valence-electron chi connectivity index (χ0n) is 19.9. The summed E-state index contributed by atoms with van der Waals surface area (Å²) in [6, 6.07) is -2.16. The van der Waals surface area contributed by atoms with Crippen LogP contribution in [0.4, 0.5) is 9.59 Å². The van der Waals surface area contributed by atoms with E-state index in [1.165, 1.54) is 4.91 Å². The molecule has 0 aromatic carbocycles. The van der Waals surface area contributed by atoms with E-state index in [4.69, 9.17) is 11.1 Å². The summed E-state index contributed by atoms with van der Waals surface area (Å²) in [6.07, 6.45) is 3.17. The van der Waals surface area contributed by atoms with Crippen LogP contribution in [-0.2, 0) is 9.59 Å². The Kier molecular flexibility index (Phi) is 10.5. The summed E-state index contributed by atoms with van der Waals surface area (Å²) in [5, 5.41) is 38.8. The Morgan fingerprint density at radius 2 is 1.22 bits per heavy atom. The Morgan fingerprint density at radius 1 is 0.838 bits per heavy atom. The van der Waals surface area contributed by atoms with Crippen molar-refractivity contribution in [3.8, 4) is 0 Å². The van der Waals surface area contributed by atoms with Crippen LogP contribution in [0.5, 0.6) is 0 Å². The van der Waals surface area contributed by atoms with Crippen LogP contribution in [0.2, 0.25) is 0 Å². The van der Waals surface area contributed by atoms with E-state index in [0.29, 0.717) is 12.8 Å². The lowest BCUT2D eigenvalue weighted by Gasteiger charge is -2.17. The minimum Gasteiger partial charge on any atom is -0.480 e. The number of carboxylic acids is 2. The van der Waals surface area contributed by atoms with Crippen LogP contribution in [0, 0.1) is 0 Å². The molecule has 17 heteroatoms. The predicted octanol–water partition coefficient (Wildman–Crippen LogP) is 1.88. The first-order chi connectivity index (χ1) is 17.7. The molecule has 0 aromatic heterocycles. The second-order valence-corrected chi connectivity index (χ2v) is 11.7. The van der Waals surface area contributed by atoms with Gasteiger partial charge in [-0.2, -0.15) is 33.8 Å². The molecule has 0 aromatic rings. The maximum absolute atomic E-state index is 11.6.